The van der Waals surface area contributed by atoms with Gasteiger partial charge in [-0.15, -0.1) is 0 Å². The van der Waals surface area contributed by atoms with Crippen molar-refractivity contribution in [2.24, 2.45) is 5.73 Å². The van der Waals surface area contributed by atoms with Crippen LogP contribution in [0.25, 0.3) is 0 Å². The van der Waals surface area contributed by atoms with Gasteiger partial charge in [0.05, 0.1) is 22.7 Å². The molecule has 25 heavy (non-hydrogen) atoms. The highest BCUT2D eigenvalue weighted by Crippen LogP contribution is 2.20. The Kier molecular flexibility index (Phi) is 4.38. The lowest BCUT2D eigenvalue weighted by atomic mass is 9.93. The first-order chi connectivity index (χ1) is 12.1. The molecule has 122 valence electrons. The van der Waals surface area contributed by atoms with Crippen LogP contribution in [0.1, 0.15) is 32.7 Å². The third kappa shape index (κ3) is 3.16. The first-order valence-corrected chi connectivity index (χ1v) is 7.37. The molecule has 3 heterocycles. The molecule has 3 aromatic rings. The molecular formula is C18H14N6O. The smallest absolute Gasteiger partial charge is 0.249 e. The fourth-order valence-corrected chi connectivity index (χ4v) is 2.43. The summed E-state index contributed by atoms with van der Waals surface area (Å²) in [6.45, 7) is 0. The quantitative estimate of drug-likeness (QED) is 0.616. The molecule has 0 fully saturated rings. The van der Waals surface area contributed by atoms with Crippen LogP contribution in [0.2, 0.25) is 0 Å². The number of hydrogen-bond donors (Lipinski definition) is 3. The summed E-state index contributed by atoms with van der Waals surface area (Å²) in [5, 5.41) is 17.0. The van der Waals surface area contributed by atoms with Crippen LogP contribution in [-0.4, -0.2) is 32.3 Å². The molecule has 3 aromatic heterocycles. The number of nitrogens with one attached hydrogen (secondary N) is 2. The molecular weight excluding hydrogens is 316 g/mol. The first kappa shape index (κ1) is 16.1. The van der Waals surface area contributed by atoms with Gasteiger partial charge >= 0.3 is 0 Å². The number of nitrogens with zero attached hydrogens (tertiary/aromatic N) is 3. The fraction of sp³-hybridized carbons (Fsp3) is 0. The van der Waals surface area contributed by atoms with E-state index in [1.165, 1.54) is 12.3 Å². The van der Waals surface area contributed by atoms with Crippen molar-refractivity contribution in [2.75, 3.05) is 0 Å². The minimum atomic E-state index is -0.681. The zero-order chi connectivity index (χ0) is 17.8. The summed E-state index contributed by atoms with van der Waals surface area (Å²) in [6, 6.07) is 8.10. The maximum absolute atomic E-state index is 11.9. The summed E-state index contributed by atoms with van der Waals surface area (Å²) in [4.78, 5) is 24.0. The minimum absolute atomic E-state index is 0.0538. The Morgan fingerprint density at radius 1 is 0.800 bits per heavy atom. The molecule has 0 radical (unpaired) electrons. The molecule has 7 nitrogen and oxygen atoms in total. The highest BCUT2D eigenvalue weighted by molar-refractivity contribution is 6.23. The largest absolute Gasteiger partial charge is 0.366 e. The molecule has 0 bridgehead atoms. The molecule has 4 N–H and O–H groups in total. The predicted octanol–water partition coefficient (Wildman–Crippen LogP) is 1.80. The van der Waals surface area contributed by atoms with Gasteiger partial charge < -0.3 is 5.73 Å². The maximum atomic E-state index is 11.9. The van der Waals surface area contributed by atoms with Gasteiger partial charge in [0.15, 0.2) is 0 Å². The molecule has 0 aliphatic carbocycles. The summed E-state index contributed by atoms with van der Waals surface area (Å²) in [7, 11) is 0. The van der Waals surface area contributed by atoms with Crippen molar-refractivity contribution >= 4 is 17.3 Å². The lowest BCUT2D eigenvalue weighted by Gasteiger charge is -2.14. The summed E-state index contributed by atoms with van der Waals surface area (Å²) < 4.78 is 0. The Labute approximate surface area is 143 Å². The van der Waals surface area contributed by atoms with Crippen molar-refractivity contribution in [1.29, 1.82) is 10.8 Å². The van der Waals surface area contributed by atoms with E-state index >= 15 is 0 Å². The third-order valence-corrected chi connectivity index (χ3v) is 3.64. The lowest BCUT2D eigenvalue weighted by molar-refractivity contribution is 0.1000. The summed E-state index contributed by atoms with van der Waals surface area (Å²) in [5.41, 5.74) is 7.33. The normalized spacial score (nSPS) is 10.2. The fourth-order valence-electron chi connectivity index (χ4n) is 2.43. The summed E-state index contributed by atoms with van der Waals surface area (Å²) in [5.74, 6) is -0.681. The average Bonchev–Trinajstić information content (AvgIpc) is 2.67. The van der Waals surface area contributed by atoms with Crippen molar-refractivity contribution in [3.8, 4) is 0 Å². The molecule has 0 spiro atoms. The van der Waals surface area contributed by atoms with Crippen LogP contribution >= 0.6 is 0 Å². The molecule has 0 saturated heterocycles. The van der Waals surface area contributed by atoms with Crippen LogP contribution in [-0.2, 0) is 0 Å². The second kappa shape index (κ2) is 6.79. The Morgan fingerprint density at radius 3 is 1.84 bits per heavy atom. The zero-order valence-corrected chi connectivity index (χ0v) is 13.1. The Morgan fingerprint density at radius 2 is 1.32 bits per heavy atom. The van der Waals surface area contributed by atoms with E-state index in [1.54, 1.807) is 49.1 Å². The Hall–Kier alpha value is -3.74. The van der Waals surface area contributed by atoms with Crippen LogP contribution in [0, 0.1) is 10.8 Å². The highest BCUT2D eigenvalue weighted by Gasteiger charge is 2.22. The molecule has 0 aliphatic heterocycles. The van der Waals surface area contributed by atoms with Crippen molar-refractivity contribution in [3.63, 3.8) is 0 Å². The standard InChI is InChI=1S/C18H14N6O/c19-15(11-1-6-22-7-2-11)14-13(18(21)25)5-10-24-17(14)16(20)12-3-8-23-9-4-12/h1-10,19-20H,(H2,21,25). The van der Waals surface area contributed by atoms with Crippen molar-refractivity contribution in [1.82, 2.24) is 15.0 Å². The van der Waals surface area contributed by atoms with Gasteiger partial charge in [0, 0.05) is 47.7 Å². The Balaban J connectivity index is 2.20. The third-order valence-electron chi connectivity index (χ3n) is 3.64. The number of carbonyl (C=O) groups excluding carboxylic acids is 1. The van der Waals surface area contributed by atoms with E-state index in [9.17, 15) is 4.79 Å². The average molecular weight is 330 g/mol. The SMILES string of the molecule is N=C(c1ccncc1)c1nccc(C(N)=O)c1C(=N)c1ccncc1. The van der Waals surface area contributed by atoms with Crippen LogP contribution in [0.15, 0.2) is 61.3 Å². The van der Waals surface area contributed by atoms with Gasteiger partial charge in [-0.3, -0.25) is 30.6 Å². The molecule has 0 saturated carbocycles. The van der Waals surface area contributed by atoms with E-state index < -0.39 is 5.91 Å². The van der Waals surface area contributed by atoms with E-state index in [2.05, 4.69) is 15.0 Å². The number of rotatable bonds is 5. The first-order valence-electron chi connectivity index (χ1n) is 7.37. The topological polar surface area (TPSA) is 129 Å². The van der Waals surface area contributed by atoms with Crippen LogP contribution in [0.3, 0.4) is 0 Å². The number of aromatic nitrogens is 3. The molecule has 3 rings (SSSR count). The second-order valence-corrected chi connectivity index (χ2v) is 5.17. The minimum Gasteiger partial charge on any atom is -0.366 e. The number of primary amides is 1. The summed E-state index contributed by atoms with van der Waals surface area (Å²) >= 11 is 0. The van der Waals surface area contributed by atoms with Gasteiger partial charge in [-0.05, 0) is 30.3 Å². The van der Waals surface area contributed by atoms with Crippen molar-refractivity contribution in [3.05, 3.63) is 89.3 Å². The van der Waals surface area contributed by atoms with Gasteiger partial charge in [0.1, 0.15) is 0 Å². The van der Waals surface area contributed by atoms with Crippen LogP contribution in [0.5, 0.6) is 0 Å². The number of nitrogens with two attached hydrogens (primary N) is 1. The van der Waals surface area contributed by atoms with Gasteiger partial charge in [-0.1, -0.05) is 0 Å². The molecule has 0 aliphatic rings. The molecule has 0 atom stereocenters. The van der Waals surface area contributed by atoms with Gasteiger partial charge in [0.25, 0.3) is 0 Å². The van der Waals surface area contributed by atoms with E-state index in [-0.39, 0.29) is 28.2 Å². The van der Waals surface area contributed by atoms with Crippen molar-refractivity contribution in [2.45, 2.75) is 0 Å². The van der Waals surface area contributed by atoms with Crippen molar-refractivity contribution < 1.29 is 4.79 Å². The van der Waals surface area contributed by atoms with E-state index in [0.717, 1.165) is 0 Å². The number of carbonyl (C=O) groups is 1. The summed E-state index contributed by atoms with van der Waals surface area (Å²) in [6.07, 6.45) is 7.65. The number of amides is 1. The predicted molar refractivity (Wildman–Crippen MR) is 93.1 cm³/mol. The van der Waals surface area contributed by atoms with Gasteiger partial charge in [-0.2, -0.15) is 0 Å². The van der Waals surface area contributed by atoms with E-state index in [1.807, 2.05) is 0 Å². The van der Waals surface area contributed by atoms with E-state index in [4.69, 9.17) is 16.6 Å². The Bertz CT molecular complexity index is 954. The number of hydrogen-bond acceptors (Lipinski definition) is 6. The molecule has 1 amide bonds. The number of pyridine rings is 3. The lowest BCUT2D eigenvalue weighted by Crippen LogP contribution is -2.22. The second-order valence-electron chi connectivity index (χ2n) is 5.17. The maximum Gasteiger partial charge on any atom is 0.249 e. The molecule has 7 heteroatoms. The van der Waals surface area contributed by atoms with Crippen LogP contribution in [0.4, 0.5) is 0 Å². The zero-order valence-electron chi connectivity index (χ0n) is 13.1. The van der Waals surface area contributed by atoms with Crippen LogP contribution < -0.4 is 5.73 Å². The van der Waals surface area contributed by atoms with Gasteiger partial charge in [0.2, 0.25) is 5.91 Å². The molecule has 0 aromatic carbocycles. The van der Waals surface area contributed by atoms with E-state index in [0.29, 0.717) is 11.1 Å². The monoisotopic (exact) mass is 330 g/mol. The van der Waals surface area contributed by atoms with Gasteiger partial charge in [-0.25, -0.2) is 0 Å². The highest BCUT2D eigenvalue weighted by atomic mass is 16.1. The molecule has 0 unspecified atom stereocenters.